The Labute approximate surface area is 227 Å². The Kier molecular flexibility index (Phi) is 10.6. The van der Waals surface area contributed by atoms with E-state index >= 15 is 0 Å². The molecule has 208 valence electrons. The first kappa shape index (κ1) is 29.5. The van der Waals surface area contributed by atoms with E-state index < -0.39 is 16.1 Å². The number of nitrogens with zero attached hydrogens (tertiary/aromatic N) is 2. The molecular formula is C29H41N3O5S. The van der Waals surface area contributed by atoms with Gasteiger partial charge in [-0.1, -0.05) is 54.8 Å². The van der Waals surface area contributed by atoms with E-state index in [0.29, 0.717) is 31.0 Å². The first-order chi connectivity index (χ1) is 18.1. The lowest BCUT2D eigenvalue weighted by atomic mass is 10.1. The molecule has 0 unspecified atom stereocenters. The predicted octanol–water partition coefficient (Wildman–Crippen LogP) is 4.42. The van der Waals surface area contributed by atoms with Gasteiger partial charge in [-0.05, 0) is 57.7 Å². The first-order valence-corrected chi connectivity index (χ1v) is 15.3. The van der Waals surface area contributed by atoms with Crippen molar-refractivity contribution in [1.29, 1.82) is 0 Å². The van der Waals surface area contributed by atoms with E-state index in [1.165, 1.54) is 4.31 Å². The molecular weight excluding hydrogens is 502 g/mol. The molecule has 1 fully saturated rings. The Hall–Kier alpha value is -3.07. The van der Waals surface area contributed by atoms with Gasteiger partial charge in [0.05, 0.1) is 18.6 Å². The molecule has 38 heavy (non-hydrogen) atoms. The molecule has 1 aliphatic rings. The van der Waals surface area contributed by atoms with Gasteiger partial charge in [0, 0.05) is 25.6 Å². The molecule has 1 aliphatic carbocycles. The molecule has 1 N–H and O–H groups in total. The second-order valence-corrected chi connectivity index (χ2v) is 11.9. The van der Waals surface area contributed by atoms with Gasteiger partial charge in [0.2, 0.25) is 21.8 Å². The van der Waals surface area contributed by atoms with Crippen LogP contribution in [0, 0.1) is 6.92 Å². The molecule has 8 nitrogen and oxygen atoms in total. The van der Waals surface area contributed by atoms with Crippen LogP contribution in [0.4, 0.5) is 5.69 Å². The minimum Gasteiger partial charge on any atom is -0.492 e. The molecule has 1 saturated carbocycles. The van der Waals surface area contributed by atoms with Crippen LogP contribution in [0.2, 0.25) is 0 Å². The lowest BCUT2D eigenvalue weighted by molar-refractivity contribution is -0.141. The highest BCUT2D eigenvalue weighted by Crippen LogP contribution is 2.30. The van der Waals surface area contributed by atoms with E-state index in [2.05, 4.69) is 5.32 Å². The lowest BCUT2D eigenvalue weighted by Crippen LogP contribution is -2.49. The highest BCUT2D eigenvalue weighted by atomic mass is 32.2. The van der Waals surface area contributed by atoms with E-state index in [0.717, 1.165) is 43.1 Å². The van der Waals surface area contributed by atoms with Crippen LogP contribution in [-0.2, 0) is 26.2 Å². The van der Waals surface area contributed by atoms with Crippen LogP contribution in [0.25, 0.3) is 0 Å². The molecule has 1 atom stereocenters. The van der Waals surface area contributed by atoms with Crippen LogP contribution in [-0.4, -0.2) is 56.6 Å². The number of ether oxygens (including phenoxy) is 1. The van der Waals surface area contributed by atoms with Gasteiger partial charge in [0.15, 0.2) is 0 Å². The molecule has 0 heterocycles. The van der Waals surface area contributed by atoms with Gasteiger partial charge in [0.1, 0.15) is 11.8 Å². The fourth-order valence-corrected chi connectivity index (χ4v) is 5.87. The third-order valence-corrected chi connectivity index (χ3v) is 8.07. The highest BCUT2D eigenvalue weighted by Gasteiger charge is 2.29. The molecule has 0 bridgehead atoms. The summed E-state index contributed by atoms with van der Waals surface area (Å²) < 4.78 is 32.2. The molecule has 2 amide bonds. The maximum absolute atomic E-state index is 13.5. The normalized spacial score (nSPS) is 14.6. The van der Waals surface area contributed by atoms with E-state index in [1.54, 1.807) is 36.1 Å². The van der Waals surface area contributed by atoms with Crippen molar-refractivity contribution >= 4 is 27.5 Å². The van der Waals surface area contributed by atoms with E-state index in [9.17, 15) is 18.0 Å². The van der Waals surface area contributed by atoms with Crippen molar-refractivity contribution in [3.8, 4) is 5.75 Å². The summed E-state index contributed by atoms with van der Waals surface area (Å²) >= 11 is 0. The summed E-state index contributed by atoms with van der Waals surface area (Å²) in [4.78, 5) is 28.2. The summed E-state index contributed by atoms with van der Waals surface area (Å²) in [5, 5.41) is 3.11. The third kappa shape index (κ3) is 8.21. The summed E-state index contributed by atoms with van der Waals surface area (Å²) in [7, 11) is -3.61. The summed E-state index contributed by atoms with van der Waals surface area (Å²) in [6.07, 6.45) is 5.70. The Morgan fingerprint density at radius 3 is 2.47 bits per heavy atom. The largest absolute Gasteiger partial charge is 0.492 e. The van der Waals surface area contributed by atoms with Crippen molar-refractivity contribution in [1.82, 2.24) is 10.2 Å². The van der Waals surface area contributed by atoms with Gasteiger partial charge in [-0.15, -0.1) is 0 Å². The zero-order chi connectivity index (χ0) is 27.7. The number of sulfonamides is 1. The van der Waals surface area contributed by atoms with Gasteiger partial charge < -0.3 is 15.0 Å². The summed E-state index contributed by atoms with van der Waals surface area (Å²) in [5.41, 5.74) is 2.47. The van der Waals surface area contributed by atoms with Gasteiger partial charge in [0.25, 0.3) is 0 Å². The van der Waals surface area contributed by atoms with E-state index in [4.69, 9.17) is 4.74 Å². The van der Waals surface area contributed by atoms with Gasteiger partial charge in [-0.2, -0.15) is 0 Å². The topological polar surface area (TPSA) is 96.0 Å². The standard InChI is InChI=1S/C29H41N3O5S/c1-5-37-27-17-9-8-16-26(27)32(38(4,35)36)19-11-18-28(33)31(21-24-13-10-12-22(2)20-24)23(3)29(34)30-25-14-6-7-15-25/h8-10,12-13,16-17,20,23,25H,5-7,11,14-15,18-19,21H2,1-4H3,(H,30,34)/t23-/m0/s1. The number of rotatable bonds is 13. The van der Waals surface area contributed by atoms with Crippen LogP contribution < -0.4 is 14.4 Å². The molecule has 0 aliphatic heterocycles. The summed E-state index contributed by atoms with van der Waals surface area (Å²) in [5.74, 6) is 0.137. The summed E-state index contributed by atoms with van der Waals surface area (Å²) in [6.45, 7) is 6.43. The van der Waals surface area contributed by atoms with Crippen LogP contribution >= 0.6 is 0 Å². The van der Waals surface area contributed by atoms with Gasteiger partial charge in [-0.3, -0.25) is 13.9 Å². The molecule has 2 aromatic rings. The number of hydrogen-bond acceptors (Lipinski definition) is 5. The van der Waals surface area contributed by atoms with Crippen molar-refractivity contribution in [3.63, 3.8) is 0 Å². The maximum Gasteiger partial charge on any atom is 0.242 e. The van der Waals surface area contributed by atoms with Crippen molar-refractivity contribution in [2.75, 3.05) is 23.7 Å². The van der Waals surface area contributed by atoms with Crippen molar-refractivity contribution in [2.24, 2.45) is 0 Å². The van der Waals surface area contributed by atoms with Crippen molar-refractivity contribution in [3.05, 3.63) is 59.7 Å². The Morgan fingerprint density at radius 2 is 1.82 bits per heavy atom. The Balaban J connectivity index is 1.74. The van der Waals surface area contributed by atoms with Crippen LogP contribution in [0.5, 0.6) is 5.75 Å². The number of aryl methyl sites for hydroxylation is 1. The second kappa shape index (κ2) is 13.6. The fourth-order valence-electron chi connectivity index (χ4n) is 4.90. The minimum atomic E-state index is -3.61. The molecule has 3 rings (SSSR count). The quantitative estimate of drug-likeness (QED) is 0.404. The zero-order valence-electron chi connectivity index (χ0n) is 23.0. The molecule has 2 aromatic carbocycles. The van der Waals surface area contributed by atoms with Crippen LogP contribution in [0.15, 0.2) is 48.5 Å². The van der Waals surface area contributed by atoms with Gasteiger partial charge in [-0.25, -0.2) is 8.42 Å². The molecule has 0 saturated heterocycles. The molecule has 0 aromatic heterocycles. The average Bonchev–Trinajstić information content (AvgIpc) is 3.38. The number of nitrogens with one attached hydrogen (secondary N) is 1. The number of carbonyl (C=O) groups excluding carboxylic acids is 2. The summed E-state index contributed by atoms with van der Waals surface area (Å²) in [6, 6.07) is 14.4. The smallest absolute Gasteiger partial charge is 0.242 e. The van der Waals surface area contributed by atoms with Crippen molar-refractivity contribution in [2.45, 2.75) is 77.9 Å². The monoisotopic (exact) mass is 543 g/mol. The highest BCUT2D eigenvalue weighted by molar-refractivity contribution is 7.92. The Morgan fingerprint density at radius 1 is 1.11 bits per heavy atom. The fraction of sp³-hybridized carbons (Fsp3) is 0.517. The lowest BCUT2D eigenvalue weighted by Gasteiger charge is -2.30. The zero-order valence-corrected chi connectivity index (χ0v) is 23.8. The number of amides is 2. The van der Waals surface area contributed by atoms with E-state index in [1.807, 2.05) is 38.1 Å². The minimum absolute atomic E-state index is 0.107. The van der Waals surface area contributed by atoms with Crippen LogP contribution in [0.1, 0.15) is 63.5 Å². The average molecular weight is 544 g/mol. The van der Waals surface area contributed by atoms with Gasteiger partial charge >= 0.3 is 0 Å². The maximum atomic E-state index is 13.5. The second-order valence-electron chi connectivity index (χ2n) is 10.0. The molecule has 0 radical (unpaired) electrons. The number of para-hydroxylation sites is 2. The number of carbonyl (C=O) groups is 2. The molecule has 9 heteroatoms. The third-order valence-electron chi connectivity index (χ3n) is 6.89. The first-order valence-electron chi connectivity index (χ1n) is 13.4. The number of anilines is 1. The van der Waals surface area contributed by atoms with Crippen LogP contribution in [0.3, 0.4) is 0 Å². The van der Waals surface area contributed by atoms with Crippen molar-refractivity contribution < 1.29 is 22.7 Å². The SMILES string of the molecule is CCOc1ccccc1N(CCCC(=O)N(Cc1cccc(C)c1)[C@@H](C)C(=O)NC1CCCC1)S(C)(=O)=O. The Bertz CT molecular complexity index is 1190. The predicted molar refractivity (Wildman–Crippen MR) is 151 cm³/mol. The number of benzene rings is 2. The number of hydrogen-bond donors (Lipinski definition) is 1. The molecule has 0 spiro atoms. The van der Waals surface area contributed by atoms with E-state index in [-0.39, 0.29) is 30.8 Å².